The molecular weight excluding hydrogens is 422 g/mol. The number of fused-ring (bicyclic) bond motifs is 1. The van der Waals surface area contributed by atoms with Gasteiger partial charge in [0.25, 0.3) is 0 Å². The fourth-order valence-corrected chi connectivity index (χ4v) is 4.45. The fourth-order valence-electron chi connectivity index (χ4n) is 3.67. The number of benzene rings is 2. The first-order valence-corrected chi connectivity index (χ1v) is 12.0. The minimum atomic E-state index is -3.29. The highest BCUT2D eigenvalue weighted by Gasteiger charge is 2.35. The van der Waals surface area contributed by atoms with Crippen LogP contribution >= 0.6 is 12.6 Å². The number of hydrogen-bond acceptors (Lipinski definition) is 6. The molecule has 30 heavy (non-hydrogen) atoms. The zero-order chi connectivity index (χ0) is 22.2. The van der Waals surface area contributed by atoms with E-state index in [1.54, 1.807) is 40.1 Å². The van der Waals surface area contributed by atoms with Crippen LogP contribution in [0.5, 0.6) is 0 Å². The monoisotopic (exact) mass is 447 g/mol. The molecule has 1 aliphatic rings. The summed E-state index contributed by atoms with van der Waals surface area (Å²) in [6.07, 6.45) is 1.16. The second kappa shape index (κ2) is 8.41. The summed E-state index contributed by atoms with van der Waals surface area (Å²) in [5, 5.41) is 0. The van der Waals surface area contributed by atoms with E-state index in [-0.39, 0.29) is 28.5 Å². The van der Waals surface area contributed by atoms with Gasteiger partial charge in [0.2, 0.25) is 11.8 Å². The summed E-state index contributed by atoms with van der Waals surface area (Å²) in [6, 6.07) is 11.1. The molecule has 7 nitrogen and oxygen atoms in total. The first-order valence-electron chi connectivity index (χ1n) is 9.46. The molecule has 0 saturated heterocycles. The van der Waals surface area contributed by atoms with Gasteiger partial charge < -0.3 is 15.5 Å². The fraction of sp³-hybridized carbons (Fsp3) is 0.333. The van der Waals surface area contributed by atoms with Gasteiger partial charge >= 0.3 is 0 Å². The van der Waals surface area contributed by atoms with Gasteiger partial charge in [-0.15, -0.1) is 0 Å². The Morgan fingerprint density at radius 3 is 2.27 bits per heavy atom. The van der Waals surface area contributed by atoms with Gasteiger partial charge in [0, 0.05) is 25.5 Å². The van der Waals surface area contributed by atoms with Crippen LogP contribution in [0, 0.1) is 0 Å². The first kappa shape index (κ1) is 22.3. The third kappa shape index (κ3) is 4.23. The Kier molecular flexibility index (Phi) is 6.26. The number of amides is 2. The summed E-state index contributed by atoms with van der Waals surface area (Å²) >= 11 is 4.14. The average molecular weight is 448 g/mol. The maximum Gasteiger partial charge on any atom is 0.244 e. The largest absolute Gasteiger partial charge is 0.319 e. The summed E-state index contributed by atoms with van der Waals surface area (Å²) in [5.74, 6) is -0.159. The van der Waals surface area contributed by atoms with E-state index in [2.05, 4.69) is 12.6 Å². The van der Waals surface area contributed by atoms with Gasteiger partial charge in [0.05, 0.1) is 28.4 Å². The van der Waals surface area contributed by atoms with Gasteiger partial charge in [-0.25, -0.2) is 8.42 Å². The zero-order valence-electron chi connectivity index (χ0n) is 17.1. The molecule has 0 aliphatic carbocycles. The van der Waals surface area contributed by atoms with Crippen molar-refractivity contribution >= 4 is 45.7 Å². The van der Waals surface area contributed by atoms with Gasteiger partial charge in [-0.2, -0.15) is 12.6 Å². The van der Waals surface area contributed by atoms with Crippen LogP contribution in [0.25, 0.3) is 11.1 Å². The second-order valence-corrected chi connectivity index (χ2v) is 9.86. The maximum absolute atomic E-state index is 12.9. The van der Waals surface area contributed by atoms with E-state index >= 15 is 0 Å². The van der Waals surface area contributed by atoms with E-state index < -0.39 is 15.9 Å². The van der Waals surface area contributed by atoms with Gasteiger partial charge in [0.15, 0.2) is 9.84 Å². The number of carbonyl (C=O) groups excluding carboxylic acids is 2. The molecule has 9 heteroatoms. The number of anilines is 2. The van der Waals surface area contributed by atoms with Gasteiger partial charge in [-0.05, 0) is 42.3 Å². The van der Waals surface area contributed by atoms with E-state index in [1.165, 1.54) is 6.92 Å². The number of nitrogens with zero attached hydrogens (tertiary/aromatic N) is 2. The van der Waals surface area contributed by atoms with E-state index in [0.717, 1.165) is 17.4 Å². The molecule has 3 rings (SSSR count). The zero-order valence-corrected chi connectivity index (χ0v) is 18.8. The smallest absolute Gasteiger partial charge is 0.244 e. The summed E-state index contributed by atoms with van der Waals surface area (Å²) in [5.41, 5.74) is 8.77. The Labute approximate surface area is 182 Å². The molecule has 2 N–H and O–H groups in total. The van der Waals surface area contributed by atoms with Crippen LogP contribution in [0.15, 0.2) is 47.4 Å². The van der Waals surface area contributed by atoms with Crippen molar-refractivity contribution in [3.8, 4) is 11.1 Å². The molecular formula is C21H25N3O4S2. The van der Waals surface area contributed by atoms with Crippen LogP contribution in [-0.4, -0.2) is 50.9 Å². The topological polar surface area (TPSA) is 101 Å². The van der Waals surface area contributed by atoms with Crippen molar-refractivity contribution in [1.29, 1.82) is 0 Å². The van der Waals surface area contributed by atoms with Crippen LogP contribution in [0.4, 0.5) is 11.4 Å². The van der Waals surface area contributed by atoms with Gasteiger partial charge in [-0.3, -0.25) is 9.59 Å². The minimum Gasteiger partial charge on any atom is -0.319 e. The lowest BCUT2D eigenvalue weighted by atomic mass is 10.00. The molecule has 2 aromatic rings. The molecule has 0 aromatic heterocycles. The van der Waals surface area contributed by atoms with Crippen LogP contribution in [0.1, 0.15) is 13.8 Å². The molecule has 0 saturated carbocycles. The molecule has 0 fully saturated rings. The quantitative estimate of drug-likeness (QED) is 0.699. The Hall–Kier alpha value is -2.36. The van der Waals surface area contributed by atoms with E-state index in [0.29, 0.717) is 17.9 Å². The van der Waals surface area contributed by atoms with E-state index in [4.69, 9.17) is 5.73 Å². The minimum absolute atomic E-state index is 0.111. The predicted molar refractivity (Wildman–Crippen MR) is 122 cm³/mol. The number of nitrogens with two attached hydrogens (primary N) is 1. The van der Waals surface area contributed by atoms with Crippen molar-refractivity contribution in [2.75, 3.05) is 28.4 Å². The van der Waals surface area contributed by atoms with Gasteiger partial charge in [-0.1, -0.05) is 18.2 Å². The Morgan fingerprint density at radius 1 is 1.13 bits per heavy atom. The van der Waals surface area contributed by atoms with Crippen LogP contribution in [-0.2, 0) is 19.4 Å². The molecule has 2 atom stereocenters. The number of thiol groups is 1. The Bertz CT molecular complexity index is 1080. The standard InChI is InChI=1S/C21H25N3O4S2/c1-13-11-23(21(26)18(22)12-29)20-10-16(6-9-19(20)24(13)14(2)25)15-4-7-17(8-5-15)30(3,27)28/h4-10,13,18,29H,11-12,22H2,1-3H3/t13-,18?/m0/s1. The molecule has 0 spiro atoms. The SMILES string of the molecule is CC(=O)N1c2ccc(-c3ccc(S(C)(=O)=O)cc3)cc2N(C(=O)C(N)CS)C[C@@H]1C. The lowest BCUT2D eigenvalue weighted by Gasteiger charge is -2.41. The highest BCUT2D eigenvalue weighted by atomic mass is 32.2. The predicted octanol–water partition coefficient (Wildman–Crippen LogP) is 2.10. The van der Waals surface area contributed by atoms with Crippen molar-refractivity contribution in [1.82, 2.24) is 0 Å². The third-order valence-electron chi connectivity index (χ3n) is 5.15. The molecule has 160 valence electrons. The van der Waals surface area contributed by atoms with Crippen LogP contribution in [0.3, 0.4) is 0 Å². The van der Waals surface area contributed by atoms with Crippen molar-refractivity contribution < 1.29 is 18.0 Å². The number of rotatable bonds is 4. The second-order valence-electron chi connectivity index (χ2n) is 7.48. The number of sulfone groups is 1. The van der Waals surface area contributed by atoms with Crippen LogP contribution < -0.4 is 15.5 Å². The highest BCUT2D eigenvalue weighted by molar-refractivity contribution is 7.90. The maximum atomic E-state index is 12.9. The molecule has 0 radical (unpaired) electrons. The highest BCUT2D eigenvalue weighted by Crippen LogP contribution is 2.39. The van der Waals surface area contributed by atoms with Crippen molar-refractivity contribution in [2.45, 2.75) is 30.8 Å². The van der Waals surface area contributed by atoms with Crippen LogP contribution in [0.2, 0.25) is 0 Å². The number of hydrogen-bond donors (Lipinski definition) is 2. The Morgan fingerprint density at radius 2 is 1.73 bits per heavy atom. The summed E-state index contributed by atoms with van der Waals surface area (Å²) < 4.78 is 23.4. The van der Waals surface area contributed by atoms with Gasteiger partial charge in [0.1, 0.15) is 0 Å². The van der Waals surface area contributed by atoms with E-state index in [1.807, 2.05) is 19.1 Å². The average Bonchev–Trinajstić information content (AvgIpc) is 2.70. The summed E-state index contributed by atoms with van der Waals surface area (Å²) in [7, 11) is -3.29. The molecule has 1 unspecified atom stereocenters. The number of carbonyl (C=O) groups is 2. The summed E-state index contributed by atoms with van der Waals surface area (Å²) in [6.45, 7) is 3.70. The Balaban J connectivity index is 2.11. The van der Waals surface area contributed by atoms with Crippen molar-refractivity contribution in [2.24, 2.45) is 5.73 Å². The summed E-state index contributed by atoms with van der Waals surface area (Å²) in [4.78, 5) is 28.7. The molecule has 2 amide bonds. The molecule has 1 aliphatic heterocycles. The first-order chi connectivity index (χ1) is 14.0. The van der Waals surface area contributed by atoms with Crippen molar-refractivity contribution in [3.63, 3.8) is 0 Å². The van der Waals surface area contributed by atoms with Crippen molar-refractivity contribution in [3.05, 3.63) is 42.5 Å². The third-order valence-corrected chi connectivity index (χ3v) is 6.67. The lowest BCUT2D eigenvalue weighted by molar-refractivity contribution is -0.120. The van der Waals surface area contributed by atoms with E-state index in [9.17, 15) is 18.0 Å². The molecule has 2 aromatic carbocycles. The molecule has 1 heterocycles. The molecule has 0 bridgehead atoms. The normalized spacial score (nSPS) is 17.4. The lowest BCUT2D eigenvalue weighted by Crippen LogP contribution is -2.55.